The third kappa shape index (κ3) is 4.71. The van der Waals surface area contributed by atoms with E-state index in [1.54, 1.807) is 0 Å². The predicted molar refractivity (Wildman–Crippen MR) is 83.4 cm³/mol. The van der Waals surface area contributed by atoms with Crippen molar-refractivity contribution in [1.82, 2.24) is 5.32 Å². The Hall–Kier alpha value is -1.08. The quantitative estimate of drug-likeness (QED) is 0.475. The summed E-state index contributed by atoms with van der Waals surface area (Å²) in [6, 6.07) is 2.71. The van der Waals surface area contributed by atoms with Crippen LogP contribution in [0.25, 0.3) is 0 Å². The van der Waals surface area contributed by atoms with E-state index in [1.807, 2.05) is 0 Å². The first-order chi connectivity index (χ1) is 10.1. The minimum absolute atomic E-state index is 0.0914. The summed E-state index contributed by atoms with van der Waals surface area (Å²) >= 11 is 11.7. The van der Waals surface area contributed by atoms with E-state index in [0.717, 1.165) is 25.9 Å². The molecule has 0 bridgehead atoms. The van der Waals surface area contributed by atoms with Crippen molar-refractivity contribution in [3.63, 3.8) is 0 Å². The molecule has 116 valence electrons. The monoisotopic (exact) mass is 333 g/mol. The lowest BCUT2D eigenvalue weighted by molar-refractivity contribution is -0.383. The van der Waals surface area contributed by atoms with Crippen LogP contribution in [0.2, 0.25) is 10.0 Å². The number of piperidine rings is 1. The van der Waals surface area contributed by atoms with Crippen molar-refractivity contribution in [2.75, 3.05) is 31.6 Å². The maximum Gasteiger partial charge on any atom is 0.293 e. The number of anilines is 1. The smallest absolute Gasteiger partial charge is 0.293 e. The predicted octanol–water partition coefficient (Wildman–Crippen LogP) is 3.08. The molecule has 6 nitrogen and oxygen atoms in total. The topological polar surface area (TPSA) is 76.4 Å². The summed E-state index contributed by atoms with van der Waals surface area (Å²) in [6.45, 7) is 2.90. The number of nitrogens with zero attached hydrogens (tertiary/aromatic N) is 1. The first-order valence-corrected chi connectivity index (χ1v) is 7.53. The number of rotatable bonds is 6. The molecule has 2 rings (SSSR count). The molecule has 1 heterocycles. The molecule has 0 saturated carbocycles. The standard InChI is InChI=1S/C13H17Cl2N3O3/c14-10-7-12(13(18(19)20)8-11(10)15)17-5-6-21-9-1-3-16-4-2-9/h7-9,16-17H,1-6H2. The zero-order chi connectivity index (χ0) is 15.2. The molecule has 0 unspecified atom stereocenters. The molecule has 2 N–H and O–H groups in total. The van der Waals surface area contributed by atoms with E-state index in [2.05, 4.69) is 10.6 Å². The molecule has 1 aliphatic heterocycles. The third-order valence-corrected chi connectivity index (χ3v) is 4.01. The summed E-state index contributed by atoms with van der Waals surface area (Å²) in [5.74, 6) is 0. The Morgan fingerprint density at radius 2 is 2.00 bits per heavy atom. The summed E-state index contributed by atoms with van der Waals surface area (Å²) in [4.78, 5) is 10.5. The van der Waals surface area contributed by atoms with Crippen LogP contribution in [0, 0.1) is 10.1 Å². The molecule has 1 saturated heterocycles. The summed E-state index contributed by atoms with van der Waals surface area (Å²) in [7, 11) is 0. The molecular weight excluding hydrogens is 317 g/mol. The van der Waals surface area contributed by atoms with Crippen molar-refractivity contribution in [2.24, 2.45) is 0 Å². The Morgan fingerprint density at radius 1 is 1.33 bits per heavy atom. The number of nitrogens with one attached hydrogen (secondary N) is 2. The van der Waals surface area contributed by atoms with E-state index in [-0.39, 0.29) is 21.8 Å². The van der Waals surface area contributed by atoms with E-state index >= 15 is 0 Å². The Balaban J connectivity index is 1.87. The number of ether oxygens (including phenoxy) is 1. The lowest BCUT2D eigenvalue weighted by atomic mass is 10.1. The van der Waals surface area contributed by atoms with Gasteiger partial charge in [0.25, 0.3) is 5.69 Å². The van der Waals surface area contributed by atoms with Gasteiger partial charge in [0.2, 0.25) is 0 Å². The first kappa shape index (κ1) is 16.3. The second kappa shape index (κ2) is 7.79. The number of hydrogen-bond donors (Lipinski definition) is 2. The van der Waals surface area contributed by atoms with Gasteiger partial charge in [0.15, 0.2) is 0 Å². The minimum Gasteiger partial charge on any atom is -0.377 e. The molecule has 0 radical (unpaired) electrons. The van der Waals surface area contributed by atoms with Crippen molar-refractivity contribution in [2.45, 2.75) is 18.9 Å². The minimum atomic E-state index is -0.488. The second-order valence-corrected chi connectivity index (χ2v) is 5.60. The molecule has 0 spiro atoms. The van der Waals surface area contributed by atoms with Crippen LogP contribution in [0.4, 0.5) is 11.4 Å². The highest BCUT2D eigenvalue weighted by Gasteiger charge is 2.17. The van der Waals surface area contributed by atoms with Crippen LogP contribution >= 0.6 is 23.2 Å². The van der Waals surface area contributed by atoms with Crippen LogP contribution in [-0.2, 0) is 4.74 Å². The highest BCUT2D eigenvalue weighted by molar-refractivity contribution is 6.42. The first-order valence-electron chi connectivity index (χ1n) is 6.77. The number of halogens is 2. The van der Waals surface area contributed by atoms with Crippen molar-refractivity contribution >= 4 is 34.6 Å². The van der Waals surface area contributed by atoms with Gasteiger partial charge in [-0.3, -0.25) is 10.1 Å². The van der Waals surface area contributed by atoms with Crippen LogP contribution in [0.1, 0.15) is 12.8 Å². The molecule has 8 heteroatoms. The molecule has 1 fully saturated rings. The Labute approximate surface area is 132 Å². The maximum absolute atomic E-state index is 11.0. The van der Waals surface area contributed by atoms with Gasteiger partial charge in [-0.1, -0.05) is 23.2 Å². The molecule has 1 aliphatic rings. The number of nitro groups is 1. The SMILES string of the molecule is O=[N+]([O-])c1cc(Cl)c(Cl)cc1NCCOC1CCNCC1. The van der Waals surface area contributed by atoms with E-state index < -0.39 is 4.92 Å². The summed E-state index contributed by atoms with van der Waals surface area (Å²) in [6.07, 6.45) is 2.25. The number of benzene rings is 1. The maximum atomic E-state index is 11.0. The van der Waals surface area contributed by atoms with Gasteiger partial charge < -0.3 is 15.4 Å². The average Bonchev–Trinajstić information content (AvgIpc) is 2.47. The zero-order valence-corrected chi connectivity index (χ0v) is 12.9. The third-order valence-electron chi connectivity index (χ3n) is 3.29. The van der Waals surface area contributed by atoms with Gasteiger partial charge in [0, 0.05) is 12.6 Å². The van der Waals surface area contributed by atoms with E-state index in [1.165, 1.54) is 12.1 Å². The summed E-state index contributed by atoms with van der Waals surface area (Å²) in [5.41, 5.74) is 0.259. The Bertz CT molecular complexity index is 508. The van der Waals surface area contributed by atoms with Crippen LogP contribution in [0.3, 0.4) is 0 Å². The summed E-state index contributed by atoms with van der Waals surface area (Å²) in [5, 5.41) is 17.7. The Morgan fingerprint density at radius 3 is 2.67 bits per heavy atom. The molecule has 1 aromatic rings. The van der Waals surface area contributed by atoms with Crippen molar-refractivity contribution in [3.8, 4) is 0 Å². The lowest BCUT2D eigenvalue weighted by Crippen LogP contribution is -2.33. The van der Waals surface area contributed by atoms with E-state index in [0.29, 0.717) is 18.8 Å². The fraction of sp³-hybridized carbons (Fsp3) is 0.538. The highest BCUT2D eigenvalue weighted by Crippen LogP contribution is 2.33. The highest BCUT2D eigenvalue weighted by atomic mass is 35.5. The second-order valence-electron chi connectivity index (χ2n) is 4.79. The molecule has 1 aromatic carbocycles. The van der Waals surface area contributed by atoms with E-state index in [4.69, 9.17) is 27.9 Å². The largest absolute Gasteiger partial charge is 0.377 e. The lowest BCUT2D eigenvalue weighted by Gasteiger charge is -2.23. The van der Waals surface area contributed by atoms with Crippen molar-refractivity contribution in [1.29, 1.82) is 0 Å². The fourth-order valence-corrected chi connectivity index (χ4v) is 2.52. The van der Waals surface area contributed by atoms with Gasteiger partial charge in [0.05, 0.1) is 27.7 Å². The van der Waals surface area contributed by atoms with Gasteiger partial charge in [-0.25, -0.2) is 0 Å². The molecule has 0 atom stereocenters. The van der Waals surface area contributed by atoms with Crippen LogP contribution in [0.5, 0.6) is 0 Å². The average molecular weight is 334 g/mol. The van der Waals surface area contributed by atoms with Crippen molar-refractivity contribution in [3.05, 3.63) is 32.3 Å². The van der Waals surface area contributed by atoms with Crippen LogP contribution < -0.4 is 10.6 Å². The molecule has 0 amide bonds. The molecule has 0 aromatic heterocycles. The molecule has 21 heavy (non-hydrogen) atoms. The molecular formula is C13H17Cl2N3O3. The van der Waals surface area contributed by atoms with Crippen molar-refractivity contribution < 1.29 is 9.66 Å². The normalized spacial score (nSPS) is 15.9. The summed E-state index contributed by atoms with van der Waals surface area (Å²) < 4.78 is 5.73. The van der Waals surface area contributed by atoms with Crippen LogP contribution in [0.15, 0.2) is 12.1 Å². The number of nitro benzene ring substituents is 1. The van der Waals surface area contributed by atoms with Gasteiger partial charge in [-0.15, -0.1) is 0 Å². The van der Waals surface area contributed by atoms with Gasteiger partial charge in [-0.05, 0) is 32.0 Å². The number of hydrogen-bond acceptors (Lipinski definition) is 5. The molecule has 0 aliphatic carbocycles. The van der Waals surface area contributed by atoms with Crippen LogP contribution in [-0.4, -0.2) is 37.3 Å². The van der Waals surface area contributed by atoms with E-state index in [9.17, 15) is 10.1 Å². The zero-order valence-electron chi connectivity index (χ0n) is 11.4. The van der Waals surface area contributed by atoms with Gasteiger partial charge >= 0.3 is 0 Å². The fourth-order valence-electron chi connectivity index (χ4n) is 2.20. The Kier molecular flexibility index (Phi) is 6.05. The van der Waals surface area contributed by atoms with Gasteiger partial charge in [-0.2, -0.15) is 0 Å². The van der Waals surface area contributed by atoms with Gasteiger partial charge in [0.1, 0.15) is 5.69 Å².